The van der Waals surface area contributed by atoms with E-state index in [-0.39, 0.29) is 0 Å². The molecule has 0 aromatic carbocycles. The fourth-order valence-electron chi connectivity index (χ4n) is 0.941. The Morgan fingerprint density at radius 2 is 2.00 bits per heavy atom. The second-order valence-corrected chi connectivity index (χ2v) is 4.17. The van der Waals surface area contributed by atoms with Gasteiger partial charge in [-0.25, -0.2) is 0 Å². The van der Waals surface area contributed by atoms with Crippen molar-refractivity contribution < 1.29 is 5.21 Å². The van der Waals surface area contributed by atoms with E-state index in [1.54, 1.807) is 0 Å². The number of unbranched alkanes of at least 4 members (excludes halogenated alkanes) is 3. The molecule has 0 rings (SSSR count). The standard InChI is InChI=1S/C8H17NOS2/c1-12-7-5-3-2-4-6-8(11)9-10/h10H,2-7H2,1H3,(H,9,11). The van der Waals surface area contributed by atoms with E-state index in [1.165, 1.54) is 25.0 Å². The highest BCUT2D eigenvalue weighted by atomic mass is 32.2. The Morgan fingerprint density at radius 1 is 1.33 bits per heavy atom. The molecule has 2 N–H and O–H groups in total. The van der Waals surface area contributed by atoms with Gasteiger partial charge in [0.15, 0.2) is 0 Å². The molecule has 0 aliphatic rings. The molecule has 0 heterocycles. The average Bonchev–Trinajstić information content (AvgIpc) is 2.10. The zero-order chi connectivity index (χ0) is 9.23. The van der Waals surface area contributed by atoms with Crippen molar-refractivity contribution in [2.45, 2.75) is 32.1 Å². The zero-order valence-corrected chi connectivity index (χ0v) is 9.14. The number of thiocarbonyl (C=S) groups is 1. The van der Waals surface area contributed by atoms with Gasteiger partial charge >= 0.3 is 0 Å². The Kier molecular flexibility index (Phi) is 9.44. The number of rotatable bonds is 7. The molecule has 0 fully saturated rings. The zero-order valence-electron chi connectivity index (χ0n) is 7.51. The van der Waals surface area contributed by atoms with Crippen LogP contribution in [0.25, 0.3) is 0 Å². The molecule has 0 aromatic rings. The maximum absolute atomic E-state index is 8.38. The molecule has 0 saturated carbocycles. The van der Waals surface area contributed by atoms with Crippen LogP contribution in [0.1, 0.15) is 32.1 Å². The van der Waals surface area contributed by atoms with Crippen molar-refractivity contribution in [2.75, 3.05) is 12.0 Å². The van der Waals surface area contributed by atoms with Gasteiger partial charge in [-0.1, -0.05) is 25.1 Å². The van der Waals surface area contributed by atoms with E-state index in [9.17, 15) is 0 Å². The predicted molar refractivity (Wildman–Crippen MR) is 59.0 cm³/mol. The monoisotopic (exact) mass is 207 g/mol. The highest BCUT2D eigenvalue weighted by molar-refractivity contribution is 7.98. The maximum Gasteiger partial charge on any atom is 0.100 e. The van der Waals surface area contributed by atoms with Crippen molar-refractivity contribution in [3.05, 3.63) is 0 Å². The molecule has 12 heavy (non-hydrogen) atoms. The molecular weight excluding hydrogens is 190 g/mol. The summed E-state index contributed by atoms with van der Waals surface area (Å²) in [6, 6.07) is 0. The molecule has 2 nitrogen and oxygen atoms in total. The molecule has 0 aromatic heterocycles. The molecule has 4 heteroatoms. The molecule has 0 saturated heterocycles. The Morgan fingerprint density at radius 3 is 2.58 bits per heavy atom. The number of hydroxylamine groups is 1. The molecule has 0 bridgehead atoms. The molecule has 0 aliphatic heterocycles. The summed E-state index contributed by atoms with van der Waals surface area (Å²) in [5.74, 6) is 1.25. The van der Waals surface area contributed by atoms with Crippen LogP contribution in [-0.4, -0.2) is 22.2 Å². The van der Waals surface area contributed by atoms with Gasteiger partial charge in [0.2, 0.25) is 0 Å². The van der Waals surface area contributed by atoms with E-state index in [0.29, 0.717) is 4.99 Å². The quantitative estimate of drug-likeness (QED) is 0.382. The molecule has 72 valence electrons. The minimum absolute atomic E-state index is 0.555. The van der Waals surface area contributed by atoms with Gasteiger partial charge in [-0.3, -0.25) is 10.7 Å². The Labute approximate surface area is 84.1 Å². The van der Waals surface area contributed by atoms with Crippen LogP contribution in [0.2, 0.25) is 0 Å². The third-order valence-electron chi connectivity index (χ3n) is 1.63. The van der Waals surface area contributed by atoms with Gasteiger partial charge in [0.1, 0.15) is 4.99 Å². The summed E-state index contributed by atoms with van der Waals surface area (Å²) >= 11 is 6.68. The van der Waals surface area contributed by atoms with Crippen LogP contribution >= 0.6 is 24.0 Å². The Hall–Kier alpha value is 0.200. The second-order valence-electron chi connectivity index (χ2n) is 2.69. The Bertz CT molecular complexity index is 120. The number of hydrogen-bond donors (Lipinski definition) is 2. The van der Waals surface area contributed by atoms with E-state index in [0.717, 1.165) is 12.8 Å². The van der Waals surface area contributed by atoms with E-state index in [2.05, 4.69) is 6.26 Å². The van der Waals surface area contributed by atoms with Crippen LogP contribution < -0.4 is 5.48 Å². The first-order chi connectivity index (χ1) is 5.81. The minimum atomic E-state index is 0.555. The summed E-state index contributed by atoms with van der Waals surface area (Å²) in [4.78, 5) is 0.555. The highest BCUT2D eigenvalue weighted by Crippen LogP contribution is 2.06. The lowest BCUT2D eigenvalue weighted by Gasteiger charge is -2.01. The van der Waals surface area contributed by atoms with Crippen LogP contribution in [0, 0.1) is 0 Å². The van der Waals surface area contributed by atoms with Crippen molar-refractivity contribution >= 4 is 29.0 Å². The van der Waals surface area contributed by atoms with Crippen molar-refractivity contribution in [1.82, 2.24) is 5.48 Å². The van der Waals surface area contributed by atoms with Crippen LogP contribution in [0.4, 0.5) is 0 Å². The molecule has 0 aliphatic carbocycles. The van der Waals surface area contributed by atoms with E-state index >= 15 is 0 Å². The summed E-state index contributed by atoms with van der Waals surface area (Å²) in [6.07, 6.45) is 7.80. The lowest BCUT2D eigenvalue weighted by atomic mass is 10.1. The molecule has 0 unspecified atom stereocenters. The van der Waals surface area contributed by atoms with E-state index in [1.807, 2.05) is 17.2 Å². The first kappa shape index (κ1) is 12.2. The summed E-state index contributed by atoms with van der Waals surface area (Å²) in [7, 11) is 0. The van der Waals surface area contributed by atoms with E-state index in [4.69, 9.17) is 17.4 Å². The minimum Gasteiger partial charge on any atom is -0.291 e. The first-order valence-electron chi connectivity index (χ1n) is 4.23. The molecule has 0 spiro atoms. The molecule has 0 atom stereocenters. The molecule has 0 radical (unpaired) electrons. The lowest BCUT2D eigenvalue weighted by molar-refractivity contribution is 0.234. The summed E-state index contributed by atoms with van der Waals surface area (Å²) in [5, 5.41) is 8.38. The van der Waals surface area contributed by atoms with Gasteiger partial charge in [-0.15, -0.1) is 0 Å². The average molecular weight is 207 g/mol. The largest absolute Gasteiger partial charge is 0.291 e. The first-order valence-corrected chi connectivity index (χ1v) is 6.03. The third kappa shape index (κ3) is 8.30. The van der Waals surface area contributed by atoms with E-state index < -0.39 is 0 Å². The predicted octanol–water partition coefficient (Wildman–Crippen LogP) is 2.61. The Balaban J connectivity index is 2.95. The van der Waals surface area contributed by atoms with Crippen LogP contribution in [-0.2, 0) is 0 Å². The molecular formula is C8H17NOS2. The summed E-state index contributed by atoms with van der Waals surface area (Å²) in [5.41, 5.74) is 1.99. The normalized spacial score (nSPS) is 9.83. The third-order valence-corrected chi connectivity index (χ3v) is 2.62. The van der Waals surface area contributed by atoms with Gasteiger partial charge < -0.3 is 0 Å². The van der Waals surface area contributed by atoms with Gasteiger partial charge in [-0.05, 0) is 31.3 Å². The van der Waals surface area contributed by atoms with Crippen molar-refractivity contribution in [3.63, 3.8) is 0 Å². The number of thioether (sulfide) groups is 1. The fourth-order valence-corrected chi connectivity index (χ4v) is 1.58. The summed E-state index contributed by atoms with van der Waals surface area (Å²) in [6.45, 7) is 0. The van der Waals surface area contributed by atoms with Gasteiger partial charge in [0, 0.05) is 0 Å². The lowest BCUT2D eigenvalue weighted by Crippen LogP contribution is -2.15. The topological polar surface area (TPSA) is 32.3 Å². The smallest absolute Gasteiger partial charge is 0.100 e. The highest BCUT2D eigenvalue weighted by Gasteiger charge is 1.93. The SMILES string of the molecule is CSCCCCCCC(=S)NO. The van der Waals surface area contributed by atoms with Crippen LogP contribution in [0.3, 0.4) is 0 Å². The van der Waals surface area contributed by atoms with Crippen LogP contribution in [0.15, 0.2) is 0 Å². The van der Waals surface area contributed by atoms with Gasteiger partial charge in [0.25, 0.3) is 0 Å². The van der Waals surface area contributed by atoms with Crippen molar-refractivity contribution in [3.8, 4) is 0 Å². The number of nitrogens with one attached hydrogen (secondary N) is 1. The molecule has 0 amide bonds. The maximum atomic E-state index is 8.38. The van der Waals surface area contributed by atoms with Crippen molar-refractivity contribution in [2.24, 2.45) is 0 Å². The summed E-state index contributed by atoms with van der Waals surface area (Å²) < 4.78 is 0. The second kappa shape index (κ2) is 9.29. The number of hydrogen-bond acceptors (Lipinski definition) is 3. The van der Waals surface area contributed by atoms with Gasteiger partial charge in [-0.2, -0.15) is 11.8 Å². The van der Waals surface area contributed by atoms with Crippen molar-refractivity contribution in [1.29, 1.82) is 0 Å². The van der Waals surface area contributed by atoms with Crippen LogP contribution in [0.5, 0.6) is 0 Å². The van der Waals surface area contributed by atoms with Gasteiger partial charge in [0.05, 0.1) is 0 Å². The fraction of sp³-hybridized carbons (Fsp3) is 0.875.